The first kappa shape index (κ1) is 9.43. The van der Waals surface area contributed by atoms with Crippen LogP contribution in [0.4, 0.5) is 0 Å². The summed E-state index contributed by atoms with van der Waals surface area (Å²) < 4.78 is 1.70. The molecule has 4 heteroatoms. The molecule has 2 aromatic heterocycles. The summed E-state index contributed by atoms with van der Waals surface area (Å²) in [6.45, 7) is 2.01. The van der Waals surface area contributed by atoms with E-state index in [9.17, 15) is 5.11 Å². The summed E-state index contributed by atoms with van der Waals surface area (Å²) in [5, 5.41) is 16.1. The normalized spacial score (nSPS) is 13.1. The van der Waals surface area contributed by atoms with Crippen LogP contribution in [0, 0.1) is 6.92 Å². The van der Waals surface area contributed by atoms with Crippen molar-refractivity contribution in [2.75, 3.05) is 0 Å². The second-order valence-electron chi connectivity index (χ2n) is 3.25. The Kier molecular flexibility index (Phi) is 2.39. The van der Waals surface area contributed by atoms with Gasteiger partial charge in [-0.25, -0.2) is 0 Å². The third-order valence-corrected chi connectivity index (χ3v) is 3.36. The zero-order valence-corrected chi connectivity index (χ0v) is 8.95. The molecule has 0 bridgehead atoms. The Bertz CT molecular complexity index is 393. The zero-order valence-electron chi connectivity index (χ0n) is 8.14. The second-order valence-corrected chi connectivity index (χ2v) is 4.20. The Balaban J connectivity index is 2.38. The van der Waals surface area contributed by atoms with Crippen LogP contribution in [-0.2, 0) is 7.05 Å². The number of hydrogen-bond donors (Lipinski definition) is 1. The molecule has 2 heterocycles. The van der Waals surface area contributed by atoms with E-state index in [4.69, 9.17) is 0 Å². The van der Waals surface area contributed by atoms with Gasteiger partial charge in [0.1, 0.15) is 6.10 Å². The summed E-state index contributed by atoms with van der Waals surface area (Å²) >= 11 is 1.57. The lowest BCUT2D eigenvalue weighted by Crippen LogP contribution is -2.05. The van der Waals surface area contributed by atoms with Crippen molar-refractivity contribution in [3.05, 3.63) is 39.8 Å². The lowest BCUT2D eigenvalue weighted by Gasteiger charge is -2.09. The van der Waals surface area contributed by atoms with Gasteiger partial charge in [0.25, 0.3) is 0 Å². The molecule has 2 rings (SSSR count). The minimum Gasteiger partial charge on any atom is -0.381 e. The van der Waals surface area contributed by atoms with Gasteiger partial charge in [0.05, 0.1) is 5.69 Å². The molecule has 0 radical (unpaired) electrons. The molecule has 0 amide bonds. The summed E-state index contributed by atoms with van der Waals surface area (Å²) in [4.78, 5) is 0.994. The highest BCUT2D eigenvalue weighted by Crippen LogP contribution is 2.28. The summed E-state index contributed by atoms with van der Waals surface area (Å²) in [7, 11) is 1.83. The van der Waals surface area contributed by atoms with Crippen LogP contribution in [0.15, 0.2) is 23.7 Å². The third kappa shape index (κ3) is 1.47. The molecule has 1 unspecified atom stereocenters. The fourth-order valence-corrected chi connectivity index (χ4v) is 2.37. The van der Waals surface area contributed by atoms with Gasteiger partial charge in [-0.1, -0.05) is 0 Å². The van der Waals surface area contributed by atoms with Gasteiger partial charge in [0.2, 0.25) is 0 Å². The lowest BCUT2D eigenvalue weighted by molar-refractivity contribution is 0.213. The van der Waals surface area contributed by atoms with Gasteiger partial charge in [0, 0.05) is 18.1 Å². The highest BCUT2D eigenvalue weighted by molar-refractivity contribution is 7.10. The van der Waals surface area contributed by atoms with Gasteiger partial charge >= 0.3 is 0 Å². The van der Waals surface area contributed by atoms with Crippen molar-refractivity contribution in [1.29, 1.82) is 0 Å². The fourth-order valence-electron chi connectivity index (χ4n) is 1.45. The van der Waals surface area contributed by atoms with E-state index in [2.05, 4.69) is 5.10 Å². The first-order valence-electron chi connectivity index (χ1n) is 4.40. The maximum absolute atomic E-state index is 10.1. The smallest absolute Gasteiger partial charge is 0.130 e. The highest BCUT2D eigenvalue weighted by Gasteiger charge is 2.16. The van der Waals surface area contributed by atoms with Crippen molar-refractivity contribution in [2.45, 2.75) is 13.0 Å². The highest BCUT2D eigenvalue weighted by atomic mass is 32.1. The van der Waals surface area contributed by atoms with Gasteiger partial charge in [0.15, 0.2) is 0 Å². The van der Waals surface area contributed by atoms with Crippen molar-refractivity contribution in [2.24, 2.45) is 7.05 Å². The predicted molar refractivity (Wildman–Crippen MR) is 56.3 cm³/mol. The van der Waals surface area contributed by atoms with Crippen LogP contribution >= 0.6 is 11.3 Å². The number of aliphatic hydroxyl groups excluding tert-OH is 1. The summed E-state index contributed by atoms with van der Waals surface area (Å²) in [6.07, 6.45) is 1.14. The molecule has 0 saturated carbocycles. The minimum atomic E-state index is -0.553. The maximum atomic E-state index is 10.1. The average Bonchev–Trinajstić information content (AvgIpc) is 2.73. The third-order valence-electron chi connectivity index (χ3n) is 2.29. The first-order chi connectivity index (χ1) is 6.70. The monoisotopic (exact) mass is 208 g/mol. The van der Waals surface area contributed by atoms with Crippen molar-refractivity contribution < 1.29 is 5.11 Å². The van der Waals surface area contributed by atoms with E-state index in [0.717, 1.165) is 16.1 Å². The van der Waals surface area contributed by atoms with Crippen molar-refractivity contribution in [1.82, 2.24) is 9.78 Å². The van der Waals surface area contributed by atoms with Gasteiger partial charge < -0.3 is 5.11 Å². The van der Waals surface area contributed by atoms with E-state index >= 15 is 0 Å². The van der Waals surface area contributed by atoms with E-state index in [0.29, 0.717) is 0 Å². The molecule has 2 aromatic rings. The molecule has 0 aliphatic rings. The Morgan fingerprint density at radius 3 is 2.79 bits per heavy atom. The minimum absolute atomic E-state index is 0.553. The van der Waals surface area contributed by atoms with E-state index in [-0.39, 0.29) is 0 Å². The molecule has 3 nitrogen and oxygen atoms in total. The molecule has 14 heavy (non-hydrogen) atoms. The van der Waals surface area contributed by atoms with Crippen LogP contribution in [0.1, 0.15) is 22.2 Å². The summed E-state index contributed by atoms with van der Waals surface area (Å²) in [5.41, 5.74) is 1.96. The number of thiophene rings is 1. The van der Waals surface area contributed by atoms with Crippen LogP contribution in [-0.4, -0.2) is 14.9 Å². The number of hydrogen-bond acceptors (Lipinski definition) is 3. The molecular weight excluding hydrogens is 196 g/mol. The van der Waals surface area contributed by atoms with Gasteiger partial charge in [-0.05, 0) is 30.0 Å². The number of rotatable bonds is 2. The first-order valence-corrected chi connectivity index (χ1v) is 5.28. The van der Waals surface area contributed by atoms with Crippen LogP contribution in [0.5, 0.6) is 0 Å². The molecule has 0 aromatic carbocycles. The Hall–Kier alpha value is -1.13. The number of aromatic nitrogens is 2. The Morgan fingerprint density at radius 1 is 1.50 bits per heavy atom. The summed E-state index contributed by atoms with van der Waals surface area (Å²) in [6, 6.07) is 3.85. The van der Waals surface area contributed by atoms with Gasteiger partial charge in [-0.2, -0.15) is 5.10 Å². The number of nitrogens with zero attached hydrogens (tertiary/aromatic N) is 2. The molecule has 0 spiro atoms. The fraction of sp³-hybridized carbons (Fsp3) is 0.300. The van der Waals surface area contributed by atoms with Crippen LogP contribution in [0.3, 0.4) is 0 Å². The summed E-state index contributed by atoms with van der Waals surface area (Å²) in [5.74, 6) is 0. The Morgan fingerprint density at radius 2 is 2.29 bits per heavy atom. The van der Waals surface area contributed by atoms with Crippen LogP contribution in [0.2, 0.25) is 0 Å². The Labute approximate surface area is 86.6 Å². The van der Waals surface area contributed by atoms with Crippen molar-refractivity contribution >= 4 is 11.3 Å². The van der Waals surface area contributed by atoms with E-state index in [1.54, 1.807) is 22.2 Å². The molecule has 0 aliphatic heterocycles. The maximum Gasteiger partial charge on any atom is 0.130 e. The quantitative estimate of drug-likeness (QED) is 0.818. The predicted octanol–water partition coefficient (Wildman–Crippen LogP) is 1.87. The van der Waals surface area contributed by atoms with Crippen molar-refractivity contribution in [3.63, 3.8) is 0 Å². The van der Waals surface area contributed by atoms with E-state index < -0.39 is 6.10 Å². The molecular formula is C10H12N2OS. The second kappa shape index (κ2) is 3.55. The van der Waals surface area contributed by atoms with E-state index in [1.165, 1.54) is 0 Å². The molecule has 74 valence electrons. The number of aliphatic hydroxyl groups is 1. The molecule has 0 aliphatic carbocycles. The zero-order chi connectivity index (χ0) is 10.1. The van der Waals surface area contributed by atoms with Crippen LogP contribution < -0.4 is 0 Å². The van der Waals surface area contributed by atoms with Gasteiger partial charge in [-0.15, -0.1) is 11.3 Å². The molecule has 1 N–H and O–H groups in total. The topological polar surface area (TPSA) is 38.1 Å². The van der Waals surface area contributed by atoms with E-state index in [1.807, 2.05) is 31.5 Å². The SMILES string of the molecule is Cc1ccsc1C(O)c1ccnn1C. The van der Waals surface area contributed by atoms with Gasteiger partial charge in [-0.3, -0.25) is 4.68 Å². The molecule has 1 atom stereocenters. The lowest BCUT2D eigenvalue weighted by atomic mass is 10.1. The average molecular weight is 208 g/mol. The molecule has 0 saturated heterocycles. The standard InChI is InChI=1S/C10H12N2OS/c1-7-4-6-14-10(7)9(13)8-3-5-11-12(8)2/h3-6,9,13H,1-2H3. The largest absolute Gasteiger partial charge is 0.381 e. The van der Waals surface area contributed by atoms with Crippen molar-refractivity contribution in [3.8, 4) is 0 Å². The van der Waals surface area contributed by atoms with Crippen LogP contribution in [0.25, 0.3) is 0 Å². The molecule has 0 fully saturated rings. The number of aryl methyl sites for hydroxylation is 2.